The van der Waals surface area contributed by atoms with Crippen LogP contribution in [0, 0.1) is 0 Å². The third-order valence-corrected chi connectivity index (χ3v) is 4.58. The van der Waals surface area contributed by atoms with E-state index in [2.05, 4.69) is 10.2 Å². The van der Waals surface area contributed by atoms with E-state index < -0.39 is 0 Å². The van der Waals surface area contributed by atoms with Crippen molar-refractivity contribution in [1.29, 1.82) is 0 Å². The van der Waals surface area contributed by atoms with E-state index in [1.165, 1.54) is 24.6 Å². The van der Waals surface area contributed by atoms with Crippen LogP contribution in [0.5, 0.6) is 0 Å². The summed E-state index contributed by atoms with van der Waals surface area (Å²) >= 11 is 1.48. The van der Waals surface area contributed by atoms with Gasteiger partial charge in [-0.25, -0.2) is 0 Å². The molecule has 0 aromatic carbocycles. The summed E-state index contributed by atoms with van der Waals surface area (Å²) in [5.41, 5.74) is 0. The second-order valence-electron chi connectivity index (χ2n) is 5.24. The van der Waals surface area contributed by atoms with E-state index in [4.69, 9.17) is 4.74 Å². The van der Waals surface area contributed by atoms with Crippen molar-refractivity contribution in [3.8, 4) is 0 Å². The minimum atomic E-state index is 0.216. The Bertz CT molecular complexity index is 430. The summed E-state index contributed by atoms with van der Waals surface area (Å²) < 4.78 is 7.03. The number of rotatable bonds is 7. The molecule has 1 fully saturated rings. The Hall–Kier alpha value is -1.08. The second kappa shape index (κ2) is 9.04. The van der Waals surface area contributed by atoms with Crippen LogP contribution in [0.2, 0.25) is 0 Å². The van der Waals surface area contributed by atoms with Crippen LogP contribution in [0.15, 0.2) is 11.5 Å². The van der Waals surface area contributed by atoms with Crippen LogP contribution in [0.1, 0.15) is 32.1 Å². The van der Waals surface area contributed by atoms with Gasteiger partial charge in [-0.1, -0.05) is 24.6 Å². The number of methoxy groups -OCH3 is 1. The highest BCUT2D eigenvalue weighted by Gasteiger charge is 2.16. The standard InChI is InChI=1S/C14H24N4O2S/c1-20-10-6-9-18-12-15-16-14(18)21-11-13(19)17-7-4-2-3-5-8-17/h12H,2-11H2,1H3. The Balaban J connectivity index is 1.79. The third kappa shape index (κ3) is 5.32. The first-order valence-electron chi connectivity index (χ1n) is 7.58. The summed E-state index contributed by atoms with van der Waals surface area (Å²) in [6.07, 6.45) is 7.37. The van der Waals surface area contributed by atoms with Crippen molar-refractivity contribution in [3.63, 3.8) is 0 Å². The predicted molar refractivity (Wildman–Crippen MR) is 82.3 cm³/mol. The fourth-order valence-corrected chi connectivity index (χ4v) is 3.27. The molecule has 1 amide bonds. The first kappa shape index (κ1) is 16.3. The summed E-state index contributed by atoms with van der Waals surface area (Å²) in [5.74, 6) is 0.663. The Labute approximate surface area is 130 Å². The third-order valence-electron chi connectivity index (χ3n) is 3.61. The molecular weight excluding hydrogens is 288 g/mol. The SMILES string of the molecule is COCCCn1cnnc1SCC(=O)N1CCCCCC1. The molecule has 6 nitrogen and oxygen atoms in total. The van der Waals surface area contributed by atoms with Gasteiger partial charge < -0.3 is 14.2 Å². The summed E-state index contributed by atoms with van der Waals surface area (Å²) in [6.45, 7) is 3.34. The Morgan fingerprint density at radius 1 is 1.33 bits per heavy atom. The first-order chi connectivity index (χ1) is 10.3. The van der Waals surface area contributed by atoms with Crippen LogP contribution in [-0.4, -0.2) is 58.1 Å². The van der Waals surface area contributed by atoms with Gasteiger partial charge in [0.05, 0.1) is 5.75 Å². The zero-order chi connectivity index (χ0) is 14.9. The number of amides is 1. The molecule has 1 aromatic rings. The van der Waals surface area contributed by atoms with E-state index in [1.807, 2.05) is 9.47 Å². The number of thioether (sulfide) groups is 1. The molecule has 0 N–H and O–H groups in total. The lowest BCUT2D eigenvalue weighted by molar-refractivity contribution is -0.128. The number of hydrogen-bond acceptors (Lipinski definition) is 5. The maximum absolute atomic E-state index is 12.2. The number of ether oxygens (including phenoxy) is 1. The molecule has 0 bridgehead atoms. The lowest BCUT2D eigenvalue weighted by Crippen LogP contribution is -2.33. The van der Waals surface area contributed by atoms with Crippen LogP contribution in [0.4, 0.5) is 0 Å². The topological polar surface area (TPSA) is 60.2 Å². The number of nitrogens with zero attached hydrogens (tertiary/aromatic N) is 4. The van der Waals surface area contributed by atoms with Crippen molar-refractivity contribution >= 4 is 17.7 Å². The minimum absolute atomic E-state index is 0.216. The van der Waals surface area contributed by atoms with Crippen LogP contribution < -0.4 is 0 Å². The summed E-state index contributed by atoms with van der Waals surface area (Å²) in [7, 11) is 1.70. The highest BCUT2D eigenvalue weighted by molar-refractivity contribution is 7.99. The summed E-state index contributed by atoms with van der Waals surface area (Å²) in [4.78, 5) is 14.2. The van der Waals surface area contributed by atoms with E-state index in [-0.39, 0.29) is 5.91 Å². The average Bonchev–Trinajstić information content (AvgIpc) is 2.76. The maximum Gasteiger partial charge on any atom is 0.233 e. The summed E-state index contributed by atoms with van der Waals surface area (Å²) in [5, 5.41) is 8.84. The van der Waals surface area contributed by atoms with Gasteiger partial charge in [0.15, 0.2) is 5.16 Å². The zero-order valence-corrected chi connectivity index (χ0v) is 13.5. The number of hydrogen-bond donors (Lipinski definition) is 0. The maximum atomic E-state index is 12.2. The number of likely N-dealkylation sites (tertiary alicyclic amines) is 1. The molecule has 1 aromatic heterocycles. The Morgan fingerprint density at radius 2 is 2.10 bits per heavy atom. The van der Waals surface area contributed by atoms with Gasteiger partial charge >= 0.3 is 0 Å². The Morgan fingerprint density at radius 3 is 2.81 bits per heavy atom. The highest BCUT2D eigenvalue weighted by Crippen LogP contribution is 2.17. The molecule has 21 heavy (non-hydrogen) atoms. The molecule has 118 valence electrons. The second-order valence-corrected chi connectivity index (χ2v) is 6.18. The number of carbonyl (C=O) groups excluding carboxylic acids is 1. The molecule has 0 saturated carbocycles. The summed E-state index contributed by atoms with van der Waals surface area (Å²) in [6, 6.07) is 0. The quantitative estimate of drug-likeness (QED) is 0.567. The monoisotopic (exact) mass is 312 g/mol. The molecule has 0 aliphatic carbocycles. The van der Waals surface area contributed by atoms with Crippen molar-refractivity contribution in [2.24, 2.45) is 0 Å². The normalized spacial score (nSPS) is 16.0. The molecule has 1 saturated heterocycles. The van der Waals surface area contributed by atoms with Gasteiger partial charge in [0.2, 0.25) is 5.91 Å². The van der Waals surface area contributed by atoms with Gasteiger partial charge in [0, 0.05) is 33.4 Å². The first-order valence-corrected chi connectivity index (χ1v) is 8.57. The van der Waals surface area contributed by atoms with Crippen LogP contribution in [-0.2, 0) is 16.1 Å². The molecule has 1 aliphatic heterocycles. The molecule has 0 unspecified atom stereocenters. The van der Waals surface area contributed by atoms with Crippen LogP contribution >= 0.6 is 11.8 Å². The lowest BCUT2D eigenvalue weighted by Gasteiger charge is -2.19. The molecule has 0 radical (unpaired) electrons. The van der Waals surface area contributed by atoms with E-state index in [0.29, 0.717) is 5.75 Å². The minimum Gasteiger partial charge on any atom is -0.385 e. The van der Waals surface area contributed by atoms with Crippen molar-refractivity contribution in [2.75, 3.05) is 32.6 Å². The molecule has 2 heterocycles. The molecular formula is C14H24N4O2S. The van der Waals surface area contributed by atoms with Crippen LogP contribution in [0.3, 0.4) is 0 Å². The fraction of sp³-hybridized carbons (Fsp3) is 0.786. The average molecular weight is 312 g/mol. The van der Waals surface area contributed by atoms with Gasteiger partial charge in [0.1, 0.15) is 6.33 Å². The van der Waals surface area contributed by atoms with Crippen LogP contribution in [0.25, 0.3) is 0 Å². The van der Waals surface area contributed by atoms with Crippen molar-refractivity contribution in [2.45, 2.75) is 43.8 Å². The van der Waals surface area contributed by atoms with E-state index in [9.17, 15) is 4.79 Å². The van der Waals surface area contributed by atoms with Crippen molar-refractivity contribution < 1.29 is 9.53 Å². The predicted octanol–water partition coefficient (Wildman–Crippen LogP) is 1.81. The van der Waals surface area contributed by atoms with Gasteiger partial charge in [-0.05, 0) is 19.3 Å². The van der Waals surface area contributed by atoms with E-state index in [0.717, 1.165) is 50.7 Å². The van der Waals surface area contributed by atoms with Gasteiger partial charge in [-0.3, -0.25) is 4.79 Å². The van der Waals surface area contributed by atoms with Gasteiger partial charge in [-0.2, -0.15) is 0 Å². The van der Waals surface area contributed by atoms with E-state index >= 15 is 0 Å². The molecule has 2 rings (SSSR count). The lowest BCUT2D eigenvalue weighted by atomic mass is 10.2. The molecule has 0 atom stereocenters. The van der Waals surface area contributed by atoms with Crippen molar-refractivity contribution in [1.82, 2.24) is 19.7 Å². The van der Waals surface area contributed by atoms with E-state index in [1.54, 1.807) is 13.4 Å². The number of aromatic nitrogens is 3. The van der Waals surface area contributed by atoms with Gasteiger partial charge in [-0.15, -0.1) is 10.2 Å². The highest BCUT2D eigenvalue weighted by atomic mass is 32.2. The number of aryl methyl sites for hydroxylation is 1. The number of carbonyl (C=O) groups is 1. The largest absolute Gasteiger partial charge is 0.385 e. The molecule has 0 spiro atoms. The van der Waals surface area contributed by atoms with Gasteiger partial charge in [0.25, 0.3) is 0 Å². The smallest absolute Gasteiger partial charge is 0.233 e. The van der Waals surface area contributed by atoms with Crippen molar-refractivity contribution in [3.05, 3.63) is 6.33 Å². The molecule has 1 aliphatic rings. The Kier molecular flexibility index (Phi) is 7.02. The zero-order valence-electron chi connectivity index (χ0n) is 12.7. The fourth-order valence-electron chi connectivity index (χ4n) is 2.43. The molecule has 7 heteroatoms.